The second kappa shape index (κ2) is 7.63. The summed E-state index contributed by atoms with van der Waals surface area (Å²) in [5.41, 5.74) is 2.91. The van der Waals surface area contributed by atoms with Crippen LogP contribution >= 0.6 is 0 Å². The zero-order valence-corrected chi connectivity index (χ0v) is 11.6. The maximum atomic E-state index is 9.27. The predicted octanol–water partition coefficient (Wildman–Crippen LogP) is 2.13. The molecule has 0 fully saturated rings. The highest BCUT2D eigenvalue weighted by atomic mass is 16.3. The van der Waals surface area contributed by atoms with Crippen molar-refractivity contribution >= 4 is 0 Å². The summed E-state index contributed by atoms with van der Waals surface area (Å²) in [6, 6.07) is 9.14. The molecule has 0 spiro atoms. The van der Waals surface area contributed by atoms with Gasteiger partial charge < -0.3 is 10.2 Å². The summed E-state index contributed by atoms with van der Waals surface area (Å²) in [4.78, 5) is 2.41. The van der Waals surface area contributed by atoms with Crippen LogP contribution in [0.4, 0.5) is 0 Å². The first-order valence-electron chi connectivity index (χ1n) is 7.40. The Bertz CT molecular complexity index is 381. The molecule has 19 heavy (non-hydrogen) atoms. The largest absolute Gasteiger partial charge is 0.396 e. The number of aliphatic hydroxyl groups excluding tert-OH is 2. The van der Waals surface area contributed by atoms with Gasteiger partial charge in [-0.1, -0.05) is 24.3 Å². The lowest BCUT2D eigenvalue weighted by molar-refractivity contribution is 0.146. The van der Waals surface area contributed by atoms with Crippen molar-refractivity contribution in [2.24, 2.45) is 0 Å². The lowest BCUT2D eigenvalue weighted by Crippen LogP contribution is -2.31. The van der Waals surface area contributed by atoms with Gasteiger partial charge in [0.2, 0.25) is 0 Å². The lowest BCUT2D eigenvalue weighted by Gasteiger charge is -2.29. The highest BCUT2D eigenvalue weighted by molar-refractivity contribution is 5.34. The van der Waals surface area contributed by atoms with Crippen molar-refractivity contribution in [3.05, 3.63) is 35.4 Å². The minimum atomic E-state index is 0.221. The zero-order valence-electron chi connectivity index (χ0n) is 11.6. The quantitative estimate of drug-likeness (QED) is 0.706. The van der Waals surface area contributed by atoms with Gasteiger partial charge in [0.05, 0.1) is 6.61 Å². The maximum absolute atomic E-state index is 9.27. The molecule has 3 nitrogen and oxygen atoms in total. The molecule has 1 unspecified atom stereocenters. The normalized spacial score (nSPS) is 17.9. The van der Waals surface area contributed by atoms with Crippen LogP contribution in [0, 0.1) is 0 Å². The second-order valence-corrected chi connectivity index (χ2v) is 5.30. The van der Waals surface area contributed by atoms with E-state index in [0.717, 1.165) is 38.8 Å². The van der Waals surface area contributed by atoms with Gasteiger partial charge in [0, 0.05) is 19.2 Å². The van der Waals surface area contributed by atoms with Gasteiger partial charge in [0.1, 0.15) is 0 Å². The van der Waals surface area contributed by atoms with Gasteiger partial charge >= 0.3 is 0 Å². The van der Waals surface area contributed by atoms with Gasteiger partial charge in [-0.25, -0.2) is 0 Å². The smallest absolute Gasteiger partial charge is 0.0558 e. The summed E-state index contributed by atoms with van der Waals surface area (Å²) in [6.07, 6.45) is 5.36. The van der Waals surface area contributed by atoms with Crippen LogP contribution in [0.15, 0.2) is 24.3 Å². The molecule has 1 aliphatic carbocycles. The molecule has 0 aromatic heterocycles. The van der Waals surface area contributed by atoms with Gasteiger partial charge in [-0.2, -0.15) is 0 Å². The Morgan fingerprint density at radius 3 is 2.63 bits per heavy atom. The lowest BCUT2D eigenvalue weighted by atomic mass is 10.1. The molecule has 2 N–H and O–H groups in total. The Labute approximate surface area is 115 Å². The number of nitrogens with zero attached hydrogens (tertiary/aromatic N) is 1. The van der Waals surface area contributed by atoms with Crippen molar-refractivity contribution in [3.8, 4) is 0 Å². The minimum Gasteiger partial charge on any atom is -0.396 e. The van der Waals surface area contributed by atoms with Crippen LogP contribution in [0.1, 0.15) is 42.9 Å². The van der Waals surface area contributed by atoms with E-state index in [1.165, 1.54) is 17.5 Å². The first-order valence-corrected chi connectivity index (χ1v) is 7.40. The molecule has 0 saturated heterocycles. The first kappa shape index (κ1) is 14.5. The van der Waals surface area contributed by atoms with Crippen LogP contribution in [-0.2, 0) is 6.42 Å². The average molecular weight is 263 g/mol. The van der Waals surface area contributed by atoms with Crippen molar-refractivity contribution in [1.29, 1.82) is 0 Å². The Morgan fingerprint density at radius 1 is 1.00 bits per heavy atom. The van der Waals surface area contributed by atoms with Gasteiger partial charge in [-0.05, 0) is 49.8 Å². The number of aryl methyl sites for hydroxylation is 1. The maximum Gasteiger partial charge on any atom is 0.0558 e. The number of unbranched alkanes of at least 4 members (excludes halogenated alkanes) is 2. The average Bonchev–Trinajstić information content (AvgIpc) is 2.86. The van der Waals surface area contributed by atoms with Crippen molar-refractivity contribution in [1.82, 2.24) is 4.90 Å². The van der Waals surface area contributed by atoms with Crippen LogP contribution in [0.2, 0.25) is 0 Å². The van der Waals surface area contributed by atoms with Crippen LogP contribution in [-0.4, -0.2) is 41.4 Å². The van der Waals surface area contributed by atoms with E-state index in [1.807, 2.05) is 0 Å². The van der Waals surface area contributed by atoms with E-state index < -0.39 is 0 Å². The molecule has 0 bridgehead atoms. The van der Waals surface area contributed by atoms with E-state index in [0.29, 0.717) is 6.04 Å². The summed E-state index contributed by atoms with van der Waals surface area (Å²) in [6.45, 7) is 2.27. The number of hydrogen-bond donors (Lipinski definition) is 2. The predicted molar refractivity (Wildman–Crippen MR) is 77.1 cm³/mol. The standard InChI is InChI=1S/C16H25NO2/c18-12-5-1-4-10-17(11-13-19)16-9-8-14-6-2-3-7-15(14)16/h2-3,6-7,16,18-19H,1,4-5,8-13H2. The van der Waals surface area contributed by atoms with Crippen molar-refractivity contribution < 1.29 is 10.2 Å². The third-order valence-corrected chi connectivity index (χ3v) is 4.03. The van der Waals surface area contributed by atoms with Gasteiger partial charge in [-0.3, -0.25) is 4.90 Å². The molecule has 0 amide bonds. The molecule has 0 aliphatic heterocycles. The molecule has 0 saturated carbocycles. The van der Waals surface area contributed by atoms with Gasteiger partial charge in [0.15, 0.2) is 0 Å². The molecule has 0 heterocycles. The van der Waals surface area contributed by atoms with E-state index in [4.69, 9.17) is 5.11 Å². The molecular formula is C16H25NO2. The van der Waals surface area contributed by atoms with E-state index in [-0.39, 0.29) is 13.2 Å². The minimum absolute atomic E-state index is 0.221. The molecule has 106 valence electrons. The highest BCUT2D eigenvalue weighted by Crippen LogP contribution is 2.35. The summed E-state index contributed by atoms with van der Waals surface area (Å²) in [5.74, 6) is 0. The molecule has 3 heteroatoms. The van der Waals surface area contributed by atoms with E-state index >= 15 is 0 Å². The van der Waals surface area contributed by atoms with E-state index in [2.05, 4.69) is 29.2 Å². The molecule has 2 rings (SSSR count). The van der Waals surface area contributed by atoms with E-state index in [9.17, 15) is 5.11 Å². The summed E-state index contributed by atoms with van der Waals surface area (Å²) >= 11 is 0. The monoisotopic (exact) mass is 263 g/mol. The molecule has 0 radical (unpaired) electrons. The van der Waals surface area contributed by atoms with Crippen molar-refractivity contribution in [3.63, 3.8) is 0 Å². The second-order valence-electron chi connectivity index (χ2n) is 5.30. The summed E-state index contributed by atoms with van der Waals surface area (Å²) in [5, 5.41) is 18.1. The fourth-order valence-electron chi connectivity index (χ4n) is 3.07. The Morgan fingerprint density at radius 2 is 1.84 bits per heavy atom. The number of hydrogen-bond acceptors (Lipinski definition) is 3. The Hall–Kier alpha value is -0.900. The fraction of sp³-hybridized carbons (Fsp3) is 0.625. The Kier molecular flexibility index (Phi) is 5.83. The van der Waals surface area contributed by atoms with Crippen LogP contribution < -0.4 is 0 Å². The van der Waals surface area contributed by atoms with Gasteiger partial charge in [-0.15, -0.1) is 0 Å². The third kappa shape index (κ3) is 3.78. The SMILES string of the molecule is OCCCCCN(CCO)C1CCc2ccccc21. The number of rotatable bonds is 8. The van der Waals surface area contributed by atoms with Crippen molar-refractivity contribution in [2.45, 2.75) is 38.1 Å². The Balaban J connectivity index is 1.96. The van der Waals surface area contributed by atoms with Crippen LogP contribution in [0.25, 0.3) is 0 Å². The molecular weight excluding hydrogens is 238 g/mol. The number of fused-ring (bicyclic) bond motifs is 1. The van der Waals surface area contributed by atoms with Crippen LogP contribution in [0.5, 0.6) is 0 Å². The fourth-order valence-corrected chi connectivity index (χ4v) is 3.07. The van der Waals surface area contributed by atoms with Crippen LogP contribution in [0.3, 0.4) is 0 Å². The van der Waals surface area contributed by atoms with Gasteiger partial charge in [0.25, 0.3) is 0 Å². The zero-order chi connectivity index (χ0) is 13.5. The third-order valence-electron chi connectivity index (χ3n) is 4.03. The number of aliphatic hydroxyl groups is 2. The first-order chi connectivity index (χ1) is 9.36. The summed E-state index contributed by atoms with van der Waals surface area (Å²) < 4.78 is 0. The molecule has 1 aromatic carbocycles. The molecule has 1 aliphatic rings. The topological polar surface area (TPSA) is 43.7 Å². The molecule has 1 aromatic rings. The number of benzene rings is 1. The highest BCUT2D eigenvalue weighted by Gasteiger charge is 2.26. The van der Waals surface area contributed by atoms with Crippen molar-refractivity contribution in [2.75, 3.05) is 26.3 Å². The van der Waals surface area contributed by atoms with E-state index in [1.54, 1.807) is 0 Å². The molecule has 1 atom stereocenters. The summed E-state index contributed by atoms with van der Waals surface area (Å²) in [7, 11) is 0.